The van der Waals surface area contributed by atoms with Gasteiger partial charge in [0.1, 0.15) is 17.5 Å². The van der Waals surface area contributed by atoms with Crippen LogP contribution in [0, 0.1) is 10.1 Å². The zero-order chi connectivity index (χ0) is 14.6. The molecule has 9 nitrogen and oxygen atoms in total. The van der Waals surface area contributed by atoms with Crippen LogP contribution < -0.4 is 10.5 Å². The monoisotopic (exact) mass is 290 g/mol. The number of nitro benzene ring substituents is 1. The molecule has 0 aliphatic rings. The van der Waals surface area contributed by atoms with Crippen LogP contribution in [0.2, 0.25) is 0 Å². The number of hydrogen-bond donors (Lipinski definition) is 2. The van der Waals surface area contributed by atoms with Crippen molar-refractivity contribution in [2.24, 2.45) is 5.73 Å². The number of non-ortho nitro benzene ring substituents is 1. The fourth-order valence-corrected chi connectivity index (χ4v) is 1.71. The van der Waals surface area contributed by atoms with E-state index in [1.807, 2.05) is 0 Å². The third kappa shape index (κ3) is 4.99. The second-order valence-corrected chi connectivity index (χ2v) is 5.02. The molecule has 10 heteroatoms. The smallest absolute Gasteiger partial charge is 0.329 e. The molecule has 0 aromatic heterocycles. The summed E-state index contributed by atoms with van der Waals surface area (Å²) in [5.41, 5.74) is 5.01. The van der Waals surface area contributed by atoms with Gasteiger partial charge in [-0.25, -0.2) is 4.79 Å². The molecule has 0 aliphatic carbocycles. The highest BCUT2D eigenvalue weighted by Gasteiger charge is 2.22. The van der Waals surface area contributed by atoms with Crippen molar-refractivity contribution in [3.63, 3.8) is 0 Å². The molecule has 1 atom stereocenters. The van der Waals surface area contributed by atoms with Crippen LogP contribution in [0.1, 0.15) is 0 Å². The van der Waals surface area contributed by atoms with E-state index in [-0.39, 0.29) is 11.4 Å². The number of rotatable bonds is 5. The first-order chi connectivity index (χ1) is 8.69. The van der Waals surface area contributed by atoms with Gasteiger partial charge in [-0.15, -0.1) is 0 Å². The predicted octanol–water partition coefficient (Wildman–Crippen LogP) is -0.285. The fourth-order valence-electron chi connectivity index (χ4n) is 1.12. The summed E-state index contributed by atoms with van der Waals surface area (Å²) >= 11 is 0. The lowest BCUT2D eigenvalue weighted by molar-refractivity contribution is -0.384. The molecule has 104 valence electrons. The summed E-state index contributed by atoms with van der Waals surface area (Å²) in [5.74, 6) is -2.08. The SMILES string of the molecule is NC(CS(=O)(=O)O)C(=O)Oc1ccc([N+](=O)[O-])cc1. The highest BCUT2D eigenvalue weighted by atomic mass is 32.2. The molecule has 0 aliphatic heterocycles. The number of ether oxygens (including phenoxy) is 1. The van der Waals surface area contributed by atoms with E-state index in [9.17, 15) is 23.3 Å². The van der Waals surface area contributed by atoms with E-state index in [1.165, 1.54) is 0 Å². The first kappa shape index (κ1) is 15.0. The van der Waals surface area contributed by atoms with Crippen molar-refractivity contribution in [1.29, 1.82) is 0 Å². The zero-order valence-electron chi connectivity index (χ0n) is 9.42. The zero-order valence-corrected chi connectivity index (χ0v) is 10.2. The van der Waals surface area contributed by atoms with Gasteiger partial charge in [-0.05, 0) is 12.1 Å². The minimum Gasteiger partial charge on any atom is -0.425 e. The second-order valence-electron chi connectivity index (χ2n) is 3.53. The van der Waals surface area contributed by atoms with Crippen LogP contribution in [-0.4, -0.2) is 35.7 Å². The molecule has 0 fully saturated rings. The summed E-state index contributed by atoms with van der Waals surface area (Å²) < 4.78 is 34.2. The number of nitrogens with zero attached hydrogens (tertiary/aromatic N) is 1. The van der Waals surface area contributed by atoms with Crippen molar-refractivity contribution in [1.82, 2.24) is 0 Å². The van der Waals surface area contributed by atoms with Gasteiger partial charge < -0.3 is 10.5 Å². The summed E-state index contributed by atoms with van der Waals surface area (Å²) in [4.78, 5) is 21.1. The molecular weight excluding hydrogens is 280 g/mol. The number of benzene rings is 1. The Bertz CT molecular complexity index is 581. The lowest BCUT2D eigenvalue weighted by Crippen LogP contribution is -2.40. The van der Waals surface area contributed by atoms with Gasteiger partial charge >= 0.3 is 5.97 Å². The Kier molecular flexibility index (Phi) is 4.53. The average molecular weight is 290 g/mol. The van der Waals surface area contributed by atoms with Crippen molar-refractivity contribution in [3.8, 4) is 5.75 Å². The van der Waals surface area contributed by atoms with Crippen LogP contribution in [0.4, 0.5) is 5.69 Å². The maximum Gasteiger partial charge on any atom is 0.329 e. The molecule has 0 amide bonds. The molecule has 3 N–H and O–H groups in total. The van der Waals surface area contributed by atoms with Crippen molar-refractivity contribution < 1.29 is 27.4 Å². The molecule has 1 rings (SSSR count). The van der Waals surface area contributed by atoms with E-state index in [4.69, 9.17) is 15.0 Å². The predicted molar refractivity (Wildman–Crippen MR) is 63.1 cm³/mol. The van der Waals surface area contributed by atoms with Crippen LogP contribution in [0.25, 0.3) is 0 Å². The van der Waals surface area contributed by atoms with Gasteiger partial charge in [0, 0.05) is 12.1 Å². The third-order valence-corrected chi connectivity index (χ3v) is 2.74. The first-order valence-corrected chi connectivity index (χ1v) is 6.47. The van der Waals surface area contributed by atoms with E-state index in [2.05, 4.69) is 0 Å². The van der Waals surface area contributed by atoms with E-state index >= 15 is 0 Å². The Morgan fingerprint density at radius 3 is 2.37 bits per heavy atom. The molecule has 0 radical (unpaired) electrons. The molecule has 0 saturated carbocycles. The molecule has 1 aromatic rings. The minimum atomic E-state index is -4.39. The van der Waals surface area contributed by atoms with Crippen LogP contribution >= 0.6 is 0 Å². The Labute approximate surface area is 107 Å². The molecule has 0 bridgehead atoms. The Balaban J connectivity index is 2.69. The Hall–Kier alpha value is -2.04. The van der Waals surface area contributed by atoms with Crippen LogP contribution in [0.3, 0.4) is 0 Å². The van der Waals surface area contributed by atoms with Gasteiger partial charge in [-0.3, -0.25) is 14.7 Å². The quantitative estimate of drug-likeness (QED) is 0.247. The number of nitro groups is 1. The summed E-state index contributed by atoms with van der Waals surface area (Å²) in [6, 6.07) is 2.99. The molecule has 1 aromatic carbocycles. The summed E-state index contributed by atoms with van der Waals surface area (Å²) in [5, 5.41) is 10.4. The molecule has 0 heterocycles. The molecule has 19 heavy (non-hydrogen) atoms. The number of hydrogen-bond acceptors (Lipinski definition) is 7. The largest absolute Gasteiger partial charge is 0.425 e. The molecular formula is C9H10N2O7S. The van der Waals surface area contributed by atoms with Crippen molar-refractivity contribution >= 4 is 21.8 Å². The van der Waals surface area contributed by atoms with Crippen LogP contribution in [0.15, 0.2) is 24.3 Å². The third-order valence-electron chi connectivity index (χ3n) is 1.96. The summed E-state index contributed by atoms with van der Waals surface area (Å²) in [7, 11) is -4.39. The Morgan fingerprint density at radius 2 is 1.95 bits per heavy atom. The number of carbonyl (C=O) groups is 1. The standard InChI is InChI=1S/C9H10N2O7S/c10-8(5-19(15,16)17)9(12)18-7-3-1-6(2-4-7)11(13)14/h1-4,8H,5,10H2,(H,15,16,17). The first-order valence-electron chi connectivity index (χ1n) is 4.86. The van der Waals surface area contributed by atoms with Crippen molar-refractivity contribution in [2.45, 2.75) is 6.04 Å². The molecule has 0 spiro atoms. The Morgan fingerprint density at radius 1 is 1.42 bits per heavy atom. The van der Waals surface area contributed by atoms with Gasteiger partial charge in [0.2, 0.25) is 0 Å². The van der Waals surface area contributed by atoms with E-state index in [1.54, 1.807) is 0 Å². The van der Waals surface area contributed by atoms with Gasteiger partial charge in [0.05, 0.1) is 4.92 Å². The topological polar surface area (TPSA) is 150 Å². The maximum absolute atomic E-state index is 11.4. The van der Waals surface area contributed by atoms with Crippen LogP contribution in [-0.2, 0) is 14.9 Å². The van der Waals surface area contributed by atoms with Gasteiger partial charge in [-0.1, -0.05) is 0 Å². The van der Waals surface area contributed by atoms with Crippen LogP contribution in [0.5, 0.6) is 5.75 Å². The van der Waals surface area contributed by atoms with E-state index in [0.717, 1.165) is 24.3 Å². The lowest BCUT2D eigenvalue weighted by atomic mass is 10.3. The highest BCUT2D eigenvalue weighted by molar-refractivity contribution is 7.85. The summed E-state index contributed by atoms with van der Waals surface area (Å²) in [6.45, 7) is 0. The van der Waals surface area contributed by atoms with E-state index in [0.29, 0.717) is 0 Å². The number of nitrogens with two attached hydrogens (primary N) is 1. The molecule has 1 unspecified atom stereocenters. The van der Waals surface area contributed by atoms with E-state index < -0.39 is 32.8 Å². The summed E-state index contributed by atoms with van der Waals surface area (Å²) in [6.07, 6.45) is 0. The maximum atomic E-state index is 11.4. The van der Waals surface area contributed by atoms with Crippen molar-refractivity contribution in [3.05, 3.63) is 34.4 Å². The number of carbonyl (C=O) groups excluding carboxylic acids is 1. The highest BCUT2D eigenvalue weighted by Crippen LogP contribution is 2.17. The normalized spacial score (nSPS) is 12.7. The van der Waals surface area contributed by atoms with Crippen molar-refractivity contribution in [2.75, 3.05) is 5.75 Å². The van der Waals surface area contributed by atoms with Gasteiger partial charge in [-0.2, -0.15) is 8.42 Å². The van der Waals surface area contributed by atoms with Gasteiger partial charge in [0.25, 0.3) is 15.8 Å². The average Bonchev–Trinajstić information content (AvgIpc) is 2.27. The van der Waals surface area contributed by atoms with Gasteiger partial charge in [0.15, 0.2) is 0 Å². The fraction of sp³-hybridized carbons (Fsp3) is 0.222. The second kappa shape index (κ2) is 5.73. The molecule has 0 saturated heterocycles. The number of esters is 1. The lowest BCUT2D eigenvalue weighted by Gasteiger charge is -2.09. The minimum absolute atomic E-state index is 0.0265.